The minimum absolute atomic E-state index is 0.143. The first-order valence-electron chi connectivity index (χ1n) is 5.57. The Kier molecular flexibility index (Phi) is 3.19. The quantitative estimate of drug-likeness (QED) is 0.708. The Morgan fingerprint density at radius 2 is 1.76 bits per heavy atom. The van der Waals surface area contributed by atoms with Crippen molar-refractivity contribution in [2.75, 3.05) is 11.9 Å². The van der Waals surface area contributed by atoms with Crippen LogP contribution in [-0.4, -0.2) is 16.8 Å². The van der Waals surface area contributed by atoms with Crippen molar-refractivity contribution in [3.8, 4) is 22.6 Å². The van der Waals surface area contributed by atoms with E-state index < -0.39 is 0 Å². The van der Waals surface area contributed by atoms with Crippen molar-refractivity contribution in [3.63, 3.8) is 0 Å². The molecule has 0 aromatic heterocycles. The molecule has 0 radical (unpaired) electrons. The van der Waals surface area contributed by atoms with Gasteiger partial charge in [0.1, 0.15) is 11.5 Å². The molecule has 0 saturated heterocycles. The van der Waals surface area contributed by atoms with Gasteiger partial charge in [-0.1, -0.05) is 18.2 Å². The molecule has 0 unspecified atom stereocenters. The van der Waals surface area contributed by atoms with Crippen molar-refractivity contribution in [1.82, 2.24) is 0 Å². The molecule has 0 amide bonds. The molecule has 3 N–H and O–H groups in total. The molecule has 0 aliphatic rings. The maximum absolute atomic E-state index is 9.84. The highest BCUT2D eigenvalue weighted by Gasteiger charge is 2.09. The SMILES string of the molecule is CCNc1ccccc1-c1cc(O)ccc1O. The number of anilines is 1. The fraction of sp³-hybridized carbons (Fsp3) is 0.143. The van der Waals surface area contributed by atoms with Gasteiger partial charge in [-0.15, -0.1) is 0 Å². The van der Waals surface area contributed by atoms with E-state index in [-0.39, 0.29) is 11.5 Å². The van der Waals surface area contributed by atoms with Gasteiger partial charge in [0.05, 0.1) is 0 Å². The second-order valence-corrected chi connectivity index (χ2v) is 3.78. The highest BCUT2D eigenvalue weighted by atomic mass is 16.3. The van der Waals surface area contributed by atoms with Gasteiger partial charge in [-0.05, 0) is 31.2 Å². The number of nitrogens with one attached hydrogen (secondary N) is 1. The van der Waals surface area contributed by atoms with Crippen LogP contribution in [0.25, 0.3) is 11.1 Å². The molecule has 0 fully saturated rings. The van der Waals surface area contributed by atoms with Crippen LogP contribution in [0.3, 0.4) is 0 Å². The first-order valence-corrected chi connectivity index (χ1v) is 5.57. The standard InChI is InChI=1S/C14H15NO2/c1-2-15-13-6-4-3-5-11(13)12-9-10(16)7-8-14(12)17/h3-9,15-17H,2H2,1H3. The monoisotopic (exact) mass is 229 g/mol. The molecule has 0 spiro atoms. The van der Waals surface area contributed by atoms with Gasteiger partial charge in [-0.25, -0.2) is 0 Å². The van der Waals surface area contributed by atoms with Gasteiger partial charge >= 0.3 is 0 Å². The van der Waals surface area contributed by atoms with Crippen molar-refractivity contribution in [1.29, 1.82) is 0 Å². The van der Waals surface area contributed by atoms with E-state index in [0.717, 1.165) is 17.8 Å². The van der Waals surface area contributed by atoms with E-state index in [1.54, 1.807) is 6.07 Å². The molecule has 2 rings (SSSR count). The van der Waals surface area contributed by atoms with Gasteiger partial charge in [0.2, 0.25) is 0 Å². The number of para-hydroxylation sites is 1. The Bertz CT molecular complexity index is 523. The van der Waals surface area contributed by atoms with E-state index in [1.165, 1.54) is 12.1 Å². The zero-order valence-corrected chi connectivity index (χ0v) is 9.64. The number of aromatic hydroxyl groups is 2. The van der Waals surface area contributed by atoms with Crippen LogP contribution in [0.4, 0.5) is 5.69 Å². The fourth-order valence-corrected chi connectivity index (χ4v) is 1.80. The van der Waals surface area contributed by atoms with Crippen molar-refractivity contribution in [2.45, 2.75) is 6.92 Å². The molecule has 88 valence electrons. The minimum atomic E-state index is 0.143. The number of hydrogen-bond acceptors (Lipinski definition) is 3. The van der Waals surface area contributed by atoms with Crippen LogP contribution < -0.4 is 5.32 Å². The molecule has 3 heteroatoms. The molecule has 0 saturated carbocycles. The lowest BCUT2D eigenvalue weighted by atomic mass is 10.0. The maximum Gasteiger partial charge on any atom is 0.123 e. The van der Waals surface area contributed by atoms with Crippen LogP contribution in [0.2, 0.25) is 0 Å². The molecular weight excluding hydrogens is 214 g/mol. The van der Waals surface area contributed by atoms with Gasteiger partial charge in [0, 0.05) is 23.4 Å². The summed E-state index contributed by atoms with van der Waals surface area (Å²) >= 11 is 0. The molecule has 2 aromatic rings. The van der Waals surface area contributed by atoms with Crippen molar-refractivity contribution < 1.29 is 10.2 Å². The molecular formula is C14H15NO2. The topological polar surface area (TPSA) is 52.5 Å². The molecule has 0 bridgehead atoms. The van der Waals surface area contributed by atoms with Crippen LogP contribution in [0, 0.1) is 0 Å². The molecule has 3 nitrogen and oxygen atoms in total. The highest BCUT2D eigenvalue weighted by Crippen LogP contribution is 2.36. The Morgan fingerprint density at radius 3 is 2.53 bits per heavy atom. The third-order valence-corrected chi connectivity index (χ3v) is 2.56. The predicted octanol–water partition coefficient (Wildman–Crippen LogP) is 3.20. The zero-order valence-electron chi connectivity index (χ0n) is 9.64. The third-order valence-electron chi connectivity index (χ3n) is 2.56. The van der Waals surface area contributed by atoms with E-state index in [1.807, 2.05) is 31.2 Å². The predicted molar refractivity (Wildman–Crippen MR) is 69.4 cm³/mol. The van der Waals surface area contributed by atoms with Crippen molar-refractivity contribution in [2.24, 2.45) is 0 Å². The lowest BCUT2D eigenvalue weighted by molar-refractivity contribution is 0.462. The summed E-state index contributed by atoms with van der Waals surface area (Å²) in [6.45, 7) is 2.82. The van der Waals surface area contributed by atoms with E-state index >= 15 is 0 Å². The van der Waals surface area contributed by atoms with E-state index in [9.17, 15) is 10.2 Å². The second-order valence-electron chi connectivity index (χ2n) is 3.78. The summed E-state index contributed by atoms with van der Waals surface area (Å²) < 4.78 is 0. The normalized spacial score (nSPS) is 10.2. The summed E-state index contributed by atoms with van der Waals surface area (Å²) in [4.78, 5) is 0. The van der Waals surface area contributed by atoms with Gasteiger partial charge in [0.25, 0.3) is 0 Å². The van der Waals surface area contributed by atoms with E-state index in [4.69, 9.17) is 0 Å². The van der Waals surface area contributed by atoms with Gasteiger partial charge in [-0.2, -0.15) is 0 Å². The van der Waals surface area contributed by atoms with Crippen molar-refractivity contribution >= 4 is 5.69 Å². The van der Waals surface area contributed by atoms with Crippen LogP contribution in [0.5, 0.6) is 11.5 Å². The lowest BCUT2D eigenvalue weighted by Gasteiger charge is -2.12. The average molecular weight is 229 g/mol. The Morgan fingerprint density at radius 1 is 1.00 bits per heavy atom. The van der Waals surface area contributed by atoms with Crippen LogP contribution in [0.1, 0.15) is 6.92 Å². The largest absolute Gasteiger partial charge is 0.508 e. The third kappa shape index (κ3) is 2.33. The number of rotatable bonds is 3. The van der Waals surface area contributed by atoms with Gasteiger partial charge in [0.15, 0.2) is 0 Å². The fourth-order valence-electron chi connectivity index (χ4n) is 1.80. The zero-order chi connectivity index (χ0) is 12.3. The lowest BCUT2D eigenvalue weighted by Crippen LogP contribution is -1.98. The molecule has 0 aliphatic carbocycles. The van der Waals surface area contributed by atoms with Crippen LogP contribution in [0.15, 0.2) is 42.5 Å². The maximum atomic E-state index is 9.84. The number of phenols is 2. The van der Waals surface area contributed by atoms with Gasteiger partial charge in [-0.3, -0.25) is 0 Å². The highest BCUT2D eigenvalue weighted by molar-refractivity contribution is 5.82. The first kappa shape index (κ1) is 11.3. The summed E-state index contributed by atoms with van der Waals surface area (Å²) in [5.41, 5.74) is 2.44. The van der Waals surface area contributed by atoms with Crippen LogP contribution in [-0.2, 0) is 0 Å². The van der Waals surface area contributed by atoms with Crippen LogP contribution >= 0.6 is 0 Å². The summed E-state index contributed by atoms with van der Waals surface area (Å²) in [6.07, 6.45) is 0. The van der Waals surface area contributed by atoms with Crippen molar-refractivity contribution in [3.05, 3.63) is 42.5 Å². The molecule has 0 aliphatic heterocycles. The smallest absolute Gasteiger partial charge is 0.123 e. The van der Waals surface area contributed by atoms with E-state index in [0.29, 0.717) is 5.56 Å². The Hall–Kier alpha value is -2.16. The number of phenolic OH excluding ortho intramolecular Hbond substituents is 2. The Balaban J connectivity index is 2.55. The summed E-state index contributed by atoms with van der Waals surface area (Å²) in [5, 5.41) is 22.6. The molecule has 0 atom stereocenters. The van der Waals surface area contributed by atoms with Gasteiger partial charge < -0.3 is 15.5 Å². The second kappa shape index (κ2) is 4.78. The minimum Gasteiger partial charge on any atom is -0.508 e. The van der Waals surface area contributed by atoms with E-state index in [2.05, 4.69) is 5.32 Å². The first-order chi connectivity index (χ1) is 8.22. The summed E-state index contributed by atoms with van der Waals surface area (Å²) in [7, 11) is 0. The summed E-state index contributed by atoms with van der Waals surface area (Å²) in [6, 6.07) is 12.2. The summed E-state index contributed by atoms with van der Waals surface area (Å²) in [5.74, 6) is 0.303. The molecule has 17 heavy (non-hydrogen) atoms. The number of hydrogen-bond donors (Lipinski definition) is 3. The Labute approximate surface area is 100 Å². The average Bonchev–Trinajstić information content (AvgIpc) is 2.34. The number of benzene rings is 2. The molecule has 2 aromatic carbocycles. The molecule has 0 heterocycles.